The average Bonchev–Trinajstić information content (AvgIpc) is 2.70. The van der Waals surface area contributed by atoms with Crippen molar-refractivity contribution in [2.24, 2.45) is 4.99 Å². The van der Waals surface area contributed by atoms with Crippen LogP contribution in [-0.4, -0.2) is 45.2 Å². The van der Waals surface area contributed by atoms with Gasteiger partial charge in [0.2, 0.25) is 0 Å². The van der Waals surface area contributed by atoms with Crippen LogP contribution in [-0.2, 0) is 19.6 Å². The van der Waals surface area contributed by atoms with E-state index in [0.717, 1.165) is 12.1 Å². The maximum Gasteiger partial charge on any atom is 0.387 e. The zero-order valence-electron chi connectivity index (χ0n) is 17.9. The molecule has 0 saturated heterocycles. The van der Waals surface area contributed by atoms with Crippen LogP contribution in [0.5, 0.6) is 11.5 Å². The number of hydrogen-bond donors (Lipinski definition) is 2. The van der Waals surface area contributed by atoms with Gasteiger partial charge in [-0.1, -0.05) is 24.3 Å². The Labute approximate surface area is 176 Å². The van der Waals surface area contributed by atoms with E-state index in [9.17, 15) is 8.78 Å². The number of aliphatic imine (C=N–C) groups is 1. The lowest BCUT2D eigenvalue weighted by atomic mass is 10.1. The maximum atomic E-state index is 12.7. The molecule has 2 aromatic carbocycles. The predicted octanol–water partition coefficient (Wildman–Crippen LogP) is 3.61. The van der Waals surface area contributed by atoms with Gasteiger partial charge in [0.25, 0.3) is 0 Å². The number of nitrogens with zero attached hydrogens (tertiary/aromatic N) is 2. The van der Waals surface area contributed by atoms with E-state index in [0.29, 0.717) is 30.4 Å². The summed E-state index contributed by atoms with van der Waals surface area (Å²) in [6.45, 7) is 1.35. The van der Waals surface area contributed by atoms with Crippen molar-refractivity contribution < 1.29 is 18.3 Å². The van der Waals surface area contributed by atoms with E-state index in [2.05, 4.69) is 37.4 Å². The smallest absolute Gasteiger partial charge is 0.387 e. The molecule has 0 amide bonds. The molecular weight excluding hydrogens is 390 g/mol. The minimum absolute atomic E-state index is 0.102. The van der Waals surface area contributed by atoms with E-state index < -0.39 is 6.61 Å². The lowest BCUT2D eigenvalue weighted by Gasteiger charge is -2.15. The van der Waals surface area contributed by atoms with Crippen LogP contribution in [0.25, 0.3) is 0 Å². The van der Waals surface area contributed by atoms with Gasteiger partial charge in [0.1, 0.15) is 11.5 Å². The highest BCUT2D eigenvalue weighted by molar-refractivity contribution is 5.79. The number of hydrogen-bond acceptors (Lipinski definition) is 4. The normalized spacial score (nSPS) is 11.7. The van der Waals surface area contributed by atoms with Gasteiger partial charge in [0.15, 0.2) is 5.96 Å². The van der Waals surface area contributed by atoms with Crippen molar-refractivity contribution in [1.29, 1.82) is 0 Å². The number of halogens is 2. The Balaban J connectivity index is 2.10. The first-order valence-electron chi connectivity index (χ1n) is 9.77. The molecule has 30 heavy (non-hydrogen) atoms. The molecule has 8 heteroatoms. The monoisotopic (exact) mass is 420 g/mol. The summed E-state index contributed by atoms with van der Waals surface area (Å²) >= 11 is 0. The standard InChI is InChI=1S/C22H30F2N4O2/c1-5-25-22(26-13-16-7-6-8-17(11-16)15-28(2)3)27-14-18-12-19(29-4)9-10-20(18)30-21(23)24/h6-12,21H,5,13-15H2,1-4H3,(H2,25,26,27). The van der Waals surface area contributed by atoms with Gasteiger partial charge in [-0.25, -0.2) is 4.99 Å². The van der Waals surface area contributed by atoms with Gasteiger partial charge in [0.05, 0.1) is 13.7 Å². The van der Waals surface area contributed by atoms with Gasteiger partial charge in [-0.15, -0.1) is 0 Å². The molecule has 0 saturated carbocycles. The van der Waals surface area contributed by atoms with Gasteiger partial charge in [-0.2, -0.15) is 8.78 Å². The van der Waals surface area contributed by atoms with Crippen LogP contribution in [0.4, 0.5) is 8.78 Å². The lowest BCUT2D eigenvalue weighted by Crippen LogP contribution is -2.36. The molecule has 2 rings (SSSR count). The average molecular weight is 421 g/mol. The molecular formula is C22H30F2N4O2. The summed E-state index contributed by atoms with van der Waals surface area (Å²) in [5, 5.41) is 6.34. The van der Waals surface area contributed by atoms with Gasteiger partial charge in [0, 0.05) is 25.2 Å². The van der Waals surface area contributed by atoms with Crippen molar-refractivity contribution >= 4 is 5.96 Å². The Morgan fingerprint density at radius 3 is 2.53 bits per heavy atom. The van der Waals surface area contributed by atoms with Crippen molar-refractivity contribution in [1.82, 2.24) is 15.5 Å². The second-order valence-corrected chi connectivity index (χ2v) is 6.96. The summed E-state index contributed by atoms with van der Waals surface area (Å²) in [6.07, 6.45) is 0. The summed E-state index contributed by atoms with van der Waals surface area (Å²) in [4.78, 5) is 6.73. The number of ether oxygens (including phenoxy) is 2. The Morgan fingerprint density at radius 2 is 1.87 bits per heavy atom. The summed E-state index contributed by atoms with van der Waals surface area (Å²) in [5.74, 6) is 1.25. The predicted molar refractivity (Wildman–Crippen MR) is 115 cm³/mol. The highest BCUT2D eigenvalue weighted by Crippen LogP contribution is 2.25. The number of rotatable bonds is 10. The van der Waals surface area contributed by atoms with Crippen LogP contribution in [0.3, 0.4) is 0 Å². The van der Waals surface area contributed by atoms with Crippen LogP contribution in [0.15, 0.2) is 47.5 Å². The number of methoxy groups -OCH3 is 1. The fourth-order valence-corrected chi connectivity index (χ4v) is 2.91. The fraction of sp³-hybridized carbons (Fsp3) is 0.409. The Kier molecular flexibility index (Phi) is 9.34. The molecule has 0 aliphatic carbocycles. The summed E-state index contributed by atoms with van der Waals surface area (Å²) < 4.78 is 35.2. The first-order valence-corrected chi connectivity index (χ1v) is 9.77. The maximum absolute atomic E-state index is 12.7. The second-order valence-electron chi connectivity index (χ2n) is 6.96. The minimum Gasteiger partial charge on any atom is -0.497 e. The highest BCUT2D eigenvalue weighted by atomic mass is 19.3. The third-order valence-corrected chi connectivity index (χ3v) is 4.18. The van der Waals surface area contributed by atoms with Gasteiger partial charge >= 0.3 is 6.61 Å². The quantitative estimate of drug-likeness (QED) is 0.454. The van der Waals surface area contributed by atoms with Crippen LogP contribution < -0.4 is 20.1 Å². The number of alkyl halides is 2. The molecule has 0 bridgehead atoms. The Bertz CT molecular complexity index is 829. The molecule has 0 atom stereocenters. The van der Waals surface area contributed by atoms with Crippen LogP contribution in [0, 0.1) is 0 Å². The van der Waals surface area contributed by atoms with E-state index in [4.69, 9.17) is 4.74 Å². The van der Waals surface area contributed by atoms with E-state index in [-0.39, 0.29) is 12.3 Å². The Hall–Kier alpha value is -2.87. The van der Waals surface area contributed by atoms with E-state index in [1.54, 1.807) is 12.1 Å². The SMILES string of the molecule is CCNC(=NCc1cccc(CN(C)C)c1)NCc1cc(OC)ccc1OC(F)F. The molecule has 0 heterocycles. The number of guanidine groups is 1. The molecule has 0 fully saturated rings. The zero-order valence-corrected chi connectivity index (χ0v) is 17.9. The van der Waals surface area contributed by atoms with Gasteiger partial charge < -0.3 is 25.0 Å². The van der Waals surface area contributed by atoms with E-state index >= 15 is 0 Å². The van der Waals surface area contributed by atoms with Gasteiger partial charge in [-0.3, -0.25) is 0 Å². The van der Waals surface area contributed by atoms with Crippen molar-refractivity contribution in [2.45, 2.75) is 33.2 Å². The second kappa shape index (κ2) is 12.0. The lowest BCUT2D eigenvalue weighted by molar-refractivity contribution is -0.0504. The third kappa shape index (κ3) is 7.87. The van der Waals surface area contributed by atoms with Crippen molar-refractivity contribution in [2.75, 3.05) is 27.7 Å². The molecule has 164 valence electrons. The largest absolute Gasteiger partial charge is 0.497 e. The number of benzene rings is 2. The molecule has 2 aromatic rings. The molecule has 0 spiro atoms. The molecule has 2 N–H and O–H groups in total. The van der Waals surface area contributed by atoms with E-state index in [1.165, 1.54) is 18.7 Å². The van der Waals surface area contributed by atoms with Crippen molar-refractivity contribution in [3.8, 4) is 11.5 Å². The first-order chi connectivity index (χ1) is 14.4. The van der Waals surface area contributed by atoms with Crippen molar-refractivity contribution in [3.05, 3.63) is 59.2 Å². The summed E-state index contributed by atoms with van der Waals surface area (Å²) in [6, 6.07) is 13.0. The number of nitrogens with one attached hydrogen (secondary N) is 2. The molecule has 0 aromatic heterocycles. The summed E-state index contributed by atoms with van der Waals surface area (Å²) in [5.41, 5.74) is 2.86. The minimum atomic E-state index is -2.89. The molecule has 0 radical (unpaired) electrons. The Morgan fingerprint density at radius 1 is 1.10 bits per heavy atom. The topological polar surface area (TPSA) is 58.1 Å². The van der Waals surface area contributed by atoms with Gasteiger partial charge in [-0.05, 0) is 50.3 Å². The van der Waals surface area contributed by atoms with Crippen LogP contribution in [0.2, 0.25) is 0 Å². The highest BCUT2D eigenvalue weighted by Gasteiger charge is 2.11. The van der Waals surface area contributed by atoms with Crippen LogP contribution >= 0.6 is 0 Å². The fourth-order valence-electron chi connectivity index (χ4n) is 2.91. The zero-order chi connectivity index (χ0) is 21.9. The molecule has 0 aliphatic heterocycles. The first kappa shape index (κ1) is 23.4. The third-order valence-electron chi connectivity index (χ3n) is 4.18. The van der Waals surface area contributed by atoms with Crippen LogP contribution in [0.1, 0.15) is 23.6 Å². The molecule has 0 aliphatic rings. The van der Waals surface area contributed by atoms with E-state index in [1.807, 2.05) is 33.2 Å². The molecule has 0 unspecified atom stereocenters. The van der Waals surface area contributed by atoms with Crippen molar-refractivity contribution in [3.63, 3.8) is 0 Å². The molecule has 6 nitrogen and oxygen atoms in total. The summed E-state index contributed by atoms with van der Waals surface area (Å²) in [7, 11) is 5.58.